The molecule has 15 heteroatoms. The Balaban J connectivity index is 0.000000900. The molecule has 0 radical (unpaired) electrons. The van der Waals surface area contributed by atoms with Crippen LogP contribution in [0.25, 0.3) is 20.9 Å². The van der Waals surface area contributed by atoms with Crippen LogP contribution in [0.2, 0.25) is 0 Å². The average molecular weight is 1080 g/mol. The predicted octanol–water partition coefficient (Wildman–Crippen LogP) is 14.1. The molecule has 0 atom stereocenters. The number of anilines is 6. The highest BCUT2D eigenvalue weighted by atomic mass is 32.1. The summed E-state index contributed by atoms with van der Waals surface area (Å²) >= 11 is 3.13. The van der Waals surface area contributed by atoms with Crippen LogP contribution in [-0.4, -0.2) is 37.4 Å². The van der Waals surface area contributed by atoms with Crippen molar-refractivity contribution >= 4 is 91.8 Å². The maximum Gasteiger partial charge on any atom is 0.430 e. The number of carboxylic acid groups (broad SMARTS) is 2. The molecule has 1 N–H and O–H groups in total. The van der Waals surface area contributed by atoms with Gasteiger partial charge in [0.15, 0.2) is 17.1 Å². The van der Waals surface area contributed by atoms with E-state index in [-0.39, 0.29) is 5.56 Å². The monoisotopic (exact) mass is 1080 g/mol. The summed E-state index contributed by atoms with van der Waals surface area (Å²) in [4.78, 5) is 29.2. The van der Waals surface area contributed by atoms with E-state index >= 15 is 4.57 Å². The van der Waals surface area contributed by atoms with Crippen molar-refractivity contribution in [2.45, 2.75) is 6.18 Å². The number of nitrogens with zero attached hydrogens (tertiary/aromatic N) is 2. The third kappa shape index (κ3) is 10.2. The molecule has 3 heterocycles. The van der Waals surface area contributed by atoms with Gasteiger partial charge in [-0.25, -0.2) is 4.79 Å². The van der Waals surface area contributed by atoms with E-state index in [2.05, 4.69) is 119 Å². The molecule has 1 aliphatic heterocycles. The Morgan fingerprint density at radius 3 is 1.13 bits per heavy atom. The van der Waals surface area contributed by atoms with E-state index < -0.39 is 25.3 Å². The van der Waals surface area contributed by atoms with E-state index in [0.717, 1.165) is 76.0 Å². The van der Waals surface area contributed by atoms with Gasteiger partial charge >= 0.3 is 12.1 Å². The summed E-state index contributed by atoms with van der Waals surface area (Å²) in [5.41, 5.74) is 8.69. The third-order valence-corrected chi connectivity index (χ3v) is 18.6. The average Bonchev–Trinajstić information content (AvgIpc) is 4.25. The number of alkyl halides is 3. The molecule has 2 aromatic heterocycles. The zero-order valence-electron chi connectivity index (χ0n) is 41.1. The molecule has 77 heavy (non-hydrogen) atoms. The van der Waals surface area contributed by atoms with Crippen LogP contribution in [-0.2, 0) is 9.36 Å². The first kappa shape index (κ1) is 51.7. The lowest BCUT2D eigenvalue weighted by Gasteiger charge is -2.25. The fourth-order valence-corrected chi connectivity index (χ4v) is 15.6. The van der Waals surface area contributed by atoms with Crippen molar-refractivity contribution < 1.29 is 47.0 Å². The van der Waals surface area contributed by atoms with E-state index in [1.807, 2.05) is 103 Å². The van der Waals surface area contributed by atoms with Crippen LogP contribution in [0.5, 0.6) is 11.5 Å². The van der Waals surface area contributed by atoms with E-state index in [1.54, 1.807) is 22.7 Å². The molecule has 0 amide bonds. The minimum absolute atomic E-state index is 0.0308. The molecule has 0 saturated carbocycles. The number of aromatic carboxylic acids is 1. The number of aliphatic carboxylic acids is 1. The normalized spacial score (nSPS) is 12.3. The van der Waals surface area contributed by atoms with Gasteiger partial charge in [-0.3, -0.25) is 4.57 Å². The highest BCUT2D eigenvalue weighted by molar-refractivity contribution is 7.86. The largest absolute Gasteiger partial charge is 0.542 e. The predicted molar refractivity (Wildman–Crippen MR) is 300 cm³/mol. The van der Waals surface area contributed by atoms with Crippen molar-refractivity contribution in [1.82, 2.24) is 0 Å². The molecule has 0 fully saturated rings. The van der Waals surface area contributed by atoms with Gasteiger partial charge in [0.05, 0.1) is 30.4 Å². The van der Waals surface area contributed by atoms with Gasteiger partial charge in [0.1, 0.15) is 21.6 Å². The summed E-state index contributed by atoms with van der Waals surface area (Å²) in [6.07, 6.45) is -5.19. The van der Waals surface area contributed by atoms with Crippen molar-refractivity contribution in [2.24, 2.45) is 0 Å². The van der Waals surface area contributed by atoms with Crippen LogP contribution in [0.3, 0.4) is 0 Å². The molecule has 10 aromatic rings. The number of carbonyl (C=O) groups excluding carboxylic acids is 1. The van der Waals surface area contributed by atoms with Gasteiger partial charge in [-0.2, -0.15) is 13.2 Å². The highest BCUT2D eigenvalue weighted by Gasteiger charge is 2.52. The van der Waals surface area contributed by atoms with Crippen LogP contribution >= 0.6 is 29.8 Å². The minimum Gasteiger partial charge on any atom is -0.542 e. The maximum atomic E-state index is 16.8. The smallest absolute Gasteiger partial charge is 0.430 e. The molecule has 0 bridgehead atoms. The number of methoxy groups -OCH3 is 2. The van der Waals surface area contributed by atoms with Crippen LogP contribution in [0.15, 0.2) is 224 Å². The Bertz CT molecular complexity index is 3470. The highest BCUT2D eigenvalue weighted by Crippen LogP contribution is 2.59. The van der Waals surface area contributed by atoms with Crippen LogP contribution in [0, 0.1) is 5.92 Å². The van der Waals surface area contributed by atoms with Gasteiger partial charge in [0.25, 0.3) is 0 Å². The number of benzene rings is 8. The summed E-state index contributed by atoms with van der Waals surface area (Å²) in [6, 6.07) is 75.2. The second-order valence-electron chi connectivity index (χ2n) is 17.4. The number of rotatable bonds is 13. The summed E-state index contributed by atoms with van der Waals surface area (Å²) in [6.45, 7) is 0. The first-order valence-electron chi connectivity index (χ1n) is 23.9. The fraction of sp³-hybridized carbons (Fsp3) is 0.0484. The van der Waals surface area contributed by atoms with Gasteiger partial charge in [-0.1, -0.05) is 115 Å². The van der Waals surface area contributed by atoms with Gasteiger partial charge in [-0.05, 0) is 96.1 Å². The number of hydrogen-bond donors (Lipinski definition) is 1. The Morgan fingerprint density at radius 2 is 0.831 bits per heavy atom. The molecule has 382 valence electrons. The number of carboxylic acids is 2. The van der Waals surface area contributed by atoms with E-state index in [1.165, 1.54) is 26.4 Å². The molecular weight excluding hydrogens is 1040 g/mol. The van der Waals surface area contributed by atoms with E-state index in [9.17, 15) is 23.1 Å². The number of fused-ring (bicyclic) bond motifs is 2. The molecular formula is C62H44F3N2O7PS2. The van der Waals surface area contributed by atoms with Crippen molar-refractivity contribution in [3.63, 3.8) is 0 Å². The molecule has 8 aromatic carbocycles. The van der Waals surface area contributed by atoms with Crippen molar-refractivity contribution in [2.75, 3.05) is 24.0 Å². The molecule has 11 rings (SSSR count). The van der Waals surface area contributed by atoms with Crippen LogP contribution in [0.1, 0.15) is 25.7 Å². The van der Waals surface area contributed by atoms with Crippen LogP contribution in [0.4, 0.5) is 47.3 Å². The third-order valence-electron chi connectivity index (χ3n) is 12.8. The van der Waals surface area contributed by atoms with Gasteiger partial charge in [0, 0.05) is 73.4 Å². The lowest BCUT2D eigenvalue weighted by molar-refractivity contribution is -0.344. The van der Waals surface area contributed by atoms with E-state index in [0.29, 0.717) is 27.7 Å². The maximum absolute atomic E-state index is 16.8. The van der Waals surface area contributed by atoms with Gasteiger partial charge in [0.2, 0.25) is 7.14 Å². The second kappa shape index (κ2) is 21.8. The molecule has 9 nitrogen and oxygen atoms in total. The molecule has 0 unspecified atom stereocenters. The summed E-state index contributed by atoms with van der Waals surface area (Å²) in [5.74, 6) is -2.67. The number of thiophene rings is 2. The van der Waals surface area contributed by atoms with Gasteiger partial charge in [-0.15, -0.1) is 22.7 Å². The van der Waals surface area contributed by atoms with Gasteiger partial charge < -0.3 is 34.3 Å². The Morgan fingerprint density at radius 1 is 0.519 bits per heavy atom. The fourth-order valence-electron chi connectivity index (χ4n) is 9.28. The summed E-state index contributed by atoms with van der Waals surface area (Å²) in [7, 11) is -0.504. The van der Waals surface area contributed by atoms with Crippen LogP contribution < -0.4 is 40.3 Å². The Hall–Kier alpha value is -8.81. The lowest BCUT2D eigenvalue weighted by atomic mass is 9.92. The quantitative estimate of drug-likeness (QED) is 0.0889. The van der Waals surface area contributed by atoms with E-state index in [4.69, 9.17) is 19.4 Å². The summed E-state index contributed by atoms with van der Waals surface area (Å²) < 4.78 is 60.4. The second-order valence-corrected chi connectivity index (χ2v) is 22.2. The van der Waals surface area contributed by atoms with Crippen molar-refractivity contribution in [3.8, 4) is 32.4 Å². The zero-order chi connectivity index (χ0) is 53.8. The SMILES string of the molecule is COc1cc(C(=O)O)cc(OC)c1[C+]1c2sc(-c3ccc(N(c4ccccc4)c4ccccc4)cc3)cc2P(=O)(c2ccccc2)c2cc(-c3ccc(N(c4ccccc4)c4ccccc4)cc3)sc21.O=C([O-])C(F)(F)F. The number of para-hydroxylation sites is 4. The number of carbonyl (C=O) groups is 2. The zero-order valence-corrected chi connectivity index (χ0v) is 43.6. The Kier molecular flexibility index (Phi) is 14.6. The summed E-state index contributed by atoms with van der Waals surface area (Å²) in [5, 5.41) is 21.1. The minimum atomic E-state index is -5.19. The molecule has 0 aliphatic carbocycles. The molecule has 0 saturated heterocycles. The molecule has 0 spiro atoms. The standard InChI is InChI=1S/C60H43N2O5PS2.C2HF3O2/c1-66-50-36-42(60(63)64)37-51(67-2)56(50)57-58-52(38-54(69-58)40-28-32-47(33-29-40)61(43-18-8-3-9-19-43)44-20-10-4-11-21-44)68(65,49-26-16-7-17-27-49)53-39-55(70-59(53)57)41-30-34-48(35-31-41)62(45-22-12-5-13-23-45)46-24-14-6-15-25-46;3-2(4,5)1(6)7/h3-39H,1-2H3;(H,6,7). The Labute approximate surface area is 450 Å². The number of ether oxygens (including phenoxy) is 2. The van der Waals surface area contributed by atoms with Crippen molar-refractivity contribution in [1.29, 1.82) is 0 Å². The topological polar surface area (TPSA) is 119 Å². The lowest BCUT2D eigenvalue weighted by Crippen LogP contribution is -2.37. The first-order chi connectivity index (χ1) is 37.3. The van der Waals surface area contributed by atoms with Crippen molar-refractivity contribution in [3.05, 3.63) is 251 Å². The number of hydrogen-bond acceptors (Lipinski definition) is 10. The first-order valence-corrected chi connectivity index (χ1v) is 27.2. The molecule has 1 aliphatic rings. The number of halogens is 3.